The first kappa shape index (κ1) is 22.8. The summed E-state index contributed by atoms with van der Waals surface area (Å²) in [5.41, 5.74) is 8.16. The number of aromatic nitrogens is 3. The third kappa shape index (κ3) is 4.18. The van der Waals surface area contributed by atoms with Gasteiger partial charge in [0.1, 0.15) is 16.3 Å². The molecule has 2 aliphatic heterocycles. The highest BCUT2D eigenvalue weighted by Gasteiger charge is 2.29. The van der Waals surface area contributed by atoms with Crippen LogP contribution in [0.1, 0.15) is 42.5 Å². The maximum absolute atomic E-state index is 6.18. The van der Waals surface area contributed by atoms with Crippen molar-refractivity contribution in [1.29, 1.82) is 0 Å². The second kappa shape index (κ2) is 9.41. The number of halogens is 1. The van der Waals surface area contributed by atoms with Gasteiger partial charge in [0, 0.05) is 41.4 Å². The largest absolute Gasteiger partial charge is 0.376 e. The Hall–Kier alpha value is -2.67. The van der Waals surface area contributed by atoms with Gasteiger partial charge in [-0.3, -0.25) is 0 Å². The van der Waals surface area contributed by atoms with Gasteiger partial charge in [0.15, 0.2) is 5.82 Å². The molecule has 5 nitrogen and oxygen atoms in total. The molecule has 7 heteroatoms. The minimum atomic E-state index is 0.215. The average molecular weight is 505 g/mol. The van der Waals surface area contributed by atoms with Gasteiger partial charge in [0.2, 0.25) is 0 Å². The minimum Gasteiger partial charge on any atom is -0.376 e. The SMILES string of the molecule is Cc1ccc(-c2c3c4n(c(-c5ccc(Cl)cc5)nn4c2C(=S)NC[C@@H]2CCCO2)CCCC3)cc1. The second-order valence-corrected chi connectivity index (χ2v) is 10.4. The van der Waals surface area contributed by atoms with E-state index in [2.05, 4.69) is 45.6 Å². The lowest BCUT2D eigenvalue weighted by atomic mass is 9.97. The van der Waals surface area contributed by atoms with Gasteiger partial charge in [-0.25, -0.2) is 4.52 Å². The summed E-state index contributed by atoms with van der Waals surface area (Å²) in [6.45, 7) is 4.61. The van der Waals surface area contributed by atoms with Crippen molar-refractivity contribution in [2.24, 2.45) is 0 Å². The molecule has 1 saturated heterocycles. The first-order chi connectivity index (χ1) is 17.1. The molecule has 35 heavy (non-hydrogen) atoms. The number of benzene rings is 2. The third-order valence-corrected chi connectivity index (χ3v) is 7.75. The van der Waals surface area contributed by atoms with E-state index in [0.717, 1.165) is 84.5 Å². The quantitative estimate of drug-likeness (QED) is 0.328. The van der Waals surface area contributed by atoms with Crippen LogP contribution in [0.2, 0.25) is 5.02 Å². The third-order valence-electron chi connectivity index (χ3n) is 7.16. The zero-order chi connectivity index (χ0) is 23.9. The van der Waals surface area contributed by atoms with Crippen LogP contribution >= 0.6 is 23.8 Å². The van der Waals surface area contributed by atoms with E-state index >= 15 is 0 Å². The fraction of sp³-hybridized carbons (Fsp3) is 0.357. The Labute approximate surface area is 216 Å². The molecule has 0 unspecified atom stereocenters. The van der Waals surface area contributed by atoms with Crippen LogP contribution in [0.5, 0.6) is 0 Å². The Morgan fingerprint density at radius 3 is 2.60 bits per heavy atom. The Morgan fingerprint density at radius 2 is 1.86 bits per heavy atom. The Balaban J connectivity index is 1.54. The number of hydrogen-bond donors (Lipinski definition) is 1. The summed E-state index contributed by atoms with van der Waals surface area (Å²) in [4.78, 5) is 0.727. The molecular formula is C28H29ClN4OS. The summed E-state index contributed by atoms with van der Waals surface area (Å²) < 4.78 is 10.3. The summed E-state index contributed by atoms with van der Waals surface area (Å²) in [5.74, 6) is 0.957. The molecule has 2 aliphatic rings. The van der Waals surface area contributed by atoms with Crippen molar-refractivity contribution in [1.82, 2.24) is 19.5 Å². The molecule has 1 fully saturated rings. The van der Waals surface area contributed by atoms with E-state index in [-0.39, 0.29) is 6.10 Å². The Bertz CT molecular complexity index is 1380. The molecule has 0 saturated carbocycles. The van der Waals surface area contributed by atoms with Crippen LogP contribution < -0.4 is 5.32 Å². The fourth-order valence-electron chi connectivity index (χ4n) is 5.39. The summed E-state index contributed by atoms with van der Waals surface area (Å²) in [7, 11) is 0. The van der Waals surface area contributed by atoms with E-state index in [9.17, 15) is 0 Å². The van der Waals surface area contributed by atoms with Crippen LogP contribution in [0.25, 0.3) is 28.2 Å². The number of hydrogen-bond acceptors (Lipinski definition) is 3. The van der Waals surface area contributed by atoms with E-state index in [1.165, 1.54) is 22.3 Å². The summed E-state index contributed by atoms with van der Waals surface area (Å²) in [6.07, 6.45) is 5.66. The number of nitrogens with one attached hydrogen (secondary N) is 1. The Morgan fingerprint density at radius 1 is 1.09 bits per heavy atom. The van der Waals surface area contributed by atoms with Crippen molar-refractivity contribution in [3.05, 3.63) is 70.4 Å². The number of rotatable bonds is 5. The zero-order valence-electron chi connectivity index (χ0n) is 19.9. The van der Waals surface area contributed by atoms with Gasteiger partial charge < -0.3 is 14.6 Å². The van der Waals surface area contributed by atoms with E-state index < -0.39 is 0 Å². The molecule has 1 atom stereocenters. The number of aryl methyl sites for hydroxylation is 3. The van der Waals surface area contributed by atoms with Crippen molar-refractivity contribution >= 4 is 34.5 Å². The van der Waals surface area contributed by atoms with Crippen molar-refractivity contribution in [3.8, 4) is 22.5 Å². The molecule has 0 radical (unpaired) electrons. The van der Waals surface area contributed by atoms with Crippen molar-refractivity contribution in [2.45, 2.75) is 51.7 Å². The normalized spacial score (nSPS) is 17.6. The van der Waals surface area contributed by atoms with Gasteiger partial charge in [0.05, 0.1) is 6.10 Å². The number of nitrogens with zero attached hydrogens (tertiary/aromatic N) is 3. The first-order valence-electron chi connectivity index (χ1n) is 12.5. The summed E-state index contributed by atoms with van der Waals surface area (Å²) in [5, 5.41) is 9.42. The van der Waals surface area contributed by atoms with E-state index in [0.29, 0.717) is 0 Å². The van der Waals surface area contributed by atoms with Crippen LogP contribution in [-0.4, -0.2) is 38.4 Å². The van der Waals surface area contributed by atoms with Crippen LogP contribution in [0.3, 0.4) is 0 Å². The summed E-state index contributed by atoms with van der Waals surface area (Å²) >= 11 is 12.2. The molecule has 6 rings (SSSR count). The molecule has 1 N–H and O–H groups in total. The van der Waals surface area contributed by atoms with Gasteiger partial charge in [-0.2, -0.15) is 0 Å². The molecule has 0 aliphatic carbocycles. The van der Waals surface area contributed by atoms with Crippen LogP contribution in [-0.2, 0) is 17.7 Å². The number of thiocarbonyl (C=S) groups is 1. The highest BCUT2D eigenvalue weighted by atomic mass is 35.5. The van der Waals surface area contributed by atoms with E-state index in [1.807, 2.05) is 24.3 Å². The smallest absolute Gasteiger partial charge is 0.162 e. The second-order valence-electron chi connectivity index (χ2n) is 9.59. The van der Waals surface area contributed by atoms with Gasteiger partial charge in [0.25, 0.3) is 0 Å². The topological polar surface area (TPSA) is 43.5 Å². The molecule has 0 spiro atoms. The molecular weight excluding hydrogens is 476 g/mol. The minimum absolute atomic E-state index is 0.215. The van der Waals surface area contributed by atoms with Gasteiger partial charge >= 0.3 is 0 Å². The first-order valence-corrected chi connectivity index (χ1v) is 13.3. The van der Waals surface area contributed by atoms with Crippen LogP contribution in [0.4, 0.5) is 0 Å². The zero-order valence-corrected chi connectivity index (χ0v) is 21.5. The highest BCUT2D eigenvalue weighted by molar-refractivity contribution is 7.80. The van der Waals surface area contributed by atoms with Crippen LogP contribution in [0.15, 0.2) is 48.5 Å². The maximum atomic E-state index is 6.18. The monoisotopic (exact) mass is 504 g/mol. The highest BCUT2D eigenvalue weighted by Crippen LogP contribution is 2.38. The van der Waals surface area contributed by atoms with Gasteiger partial charge in [-0.05, 0) is 68.9 Å². The predicted octanol–water partition coefficient (Wildman–Crippen LogP) is 6.21. The number of ether oxygens (including phenoxy) is 1. The Kier molecular flexibility index (Phi) is 6.13. The lowest BCUT2D eigenvalue weighted by Gasteiger charge is -2.14. The van der Waals surface area contributed by atoms with Gasteiger partial charge in [-0.15, -0.1) is 5.10 Å². The standard InChI is InChI=1S/C28H29ClN4OS/c1-18-7-9-19(10-8-18)24-23-6-2-3-15-32-26(20-11-13-21(29)14-12-20)31-33(28(23)32)25(24)27(35)30-17-22-5-4-16-34-22/h7-14,22H,2-6,15-17H2,1H3,(H,30,35)/t22-/m0/s1. The predicted molar refractivity (Wildman–Crippen MR) is 145 cm³/mol. The lowest BCUT2D eigenvalue weighted by molar-refractivity contribution is 0.114. The lowest BCUT2D eigenvalue weighted by Crippen LogP contribution is -2.32. The van der Waals surface area contributed by atoms with Crippen molar-refractivity contribution in [2.75, 3.05) is 13.2 Å². The van der Waals surface area contributed by atoms with Crippen molar-refractivity contribution < 1.29 is 4.74 Å². The molecule has 2 aromatic heterocycles. The van der Waals surface area contributed by atoms with Crippen LogP contribution in [0, 0.1) is 6.92 Å². The maximum Gasteiger partial charge on any atom is 0.162 e. The molecule has 0 amide bonds. The van der Waals surface area contributed by atoms with E-state index in [4.69, 9.17) is 33.7 Å². The van der Waals surface area contributed by atoms with Crippen molar-refractivity contribution in [3.63, 3.8) is 0 Å². The molecule has 4 heterocycles. The molecule has 2 aromatic carbocycles. The molecule has 0 bridgehead atoms. The fourth-order valence-corrected chi connectivity index (χ4v) is 5.79. The molecule has 4 aromatic rings. The van der Waals surface area contributed by atoms with E-state index in [1.54, 1.807) is 0 Å². The van der Waals surface area contributed by atoms with Gasteiger partial charge in [-0.1, -0.05) is 53.6 Å². The average Bonchev–Trinajstić information content (AvgIpc) is 3.54. The summed E-state index contributed by atoms with van der Waals surface area (Å²) in [6, 6.07) is 16.7. The molecule has 180 valence electrons.